The Morgan fingerprint density at radius 1 is 0.481 bits per heavy atom. The van der Waals surface area contributed by atoms with Gasteiger partial charge < -0.3 is 0 Å². The predicted molar refractivity (Wildman–Crippen MR) is 90.1 cm³/mol. The Balaban J connectivity index is 0.00000364. The Labute approximate surface area is 162 Å². The van der Waals surface area contributed by atoms with Crippen LogP contribution in [-0.4, -0.2) is 0 Å². The molecule has 2 aromatic rings. The largest absolute Gasteiger partial charge is 0.416 e. The van der Waals surface area contributed by atoms with Crippen molar-refractivity contribution in [3.8, 4) is 0 Å². The van der Waals surface area contributed by atoms with Gasteiger partial charge in [0.1, 0.15) is 0 Å². The summed E-state index contributed by atoms with van der Waals surface area (Å²) < 4.78 is 74.6. The predicted octanol–water partition coefficient (Wildman–Crippen LogP) is 7.00. The number of allylic oxidation sites excluding steroid dienone is 4. The first-order valence-corrected chi connectivity index (χ1v) is 7.52. The minimum Gasteiger partial charge on any atom is -0.166 e. The van der Waals surface area contributed by atoms with Crippen molar-refractivity contribution in [3.63, 3.8) is 0 Å². The van der Waals surface area contributed by atoms with Crippen LogP contribution in [0, 0.1) is 0 Å². The van der Waals surface area contributed by atoms with E-state index in [1.165, 1.54) is 24.3 Å². The van der Waals surface area contributed by atoms with Gasteiger partial charge in [0.25, 0.3) is 0 Å². The first-order chi connectivity index (χ1) is 12.2. The fraction of sp³-hybridized carbons (Fsp3) is 0.100. The summed E-state index contributed by atoms with van der Waals surface area (Å²) in [5, 5.41) is 0. The first-order valence-electron chi connectivity index (χ1n) is 7.52. The second kappa shape index (κ2) is 9.61. The zero-order valence-electron chi connectivity index (χ0n) is 13.7. The number of halogens is 6. The maximum atomic E-state index is 12.4. The van der Waals surface area contributed by atoms with Crippen molar-refractivity contribution in [1.29, 1.82) is 0 Å². The summed E-state index contributed by atoms with van der Waals surface area (Å²) in [6, 6.07) is 9.50. The monoisotopic (exact) mass is 426 g/mol. The molecule has 0 nitrogen and oxygen atoms in total. The Morgan fingerprint density at radius 3 is 1.04 bits per heavy atom. The molecule has 27 heavy (non-hydrogen) atoms. The van der Waals surface area contributed by atoms with Crippen LogP contribution in [0.2, 0.25) is 0 Å². The molecule has 0 aliphatic rings. The Bertz CT molecular complexity index is 725. The molecule has 0 bridgehead atoms. The van der Waals surface area contributed by atoms with Gasteiger partial charge in [0.05, 0.1) is 11.1 Å². The van der Waals surface area contributed by atoms with Gasteiger partial charge in [-0.1, -0.05) is 60.7 Å². The van der Waals surface area contributed by atoms with E-state index in [0.717, 1.165) is 24.3 Å². The molecule has 0 aliphatic heterocycles. The molecule has 0 atom stereocenters. The van der Waals surface area contributed by atoms with Gasteiger partial charge >= 0.3 is 12.4 Å². The van der Waals surface area contributed by atoms with Crippen LogP contribution in [0.3, 0.4) is 0 Å². The van der Waals surface area contributed by atoms with Gasteiger partial charge in [-0.05, 0) is 35.4 Å². The van der Waals surface area contributed by atoms with Crippen molar-refractivity contribution in [2.24, 2.45) is 0 Å². The van der Waals surface area contributed by atoms with Crippen molar-refractivity contribution in [2.75, 3.05) is 0 Å². The third kappa shape index (κ3) is 7.47. The van der Waals surface area contributed by atoms with Crippen LogP contribution in [-0.2, 0) is 28.8 Å². The molecule has 2 aromatic carbocycles. The molecule has 0 heterocycles. The van der Waals surface area contributed by atoms with E-state index < -0.39 is 23.5 Å². The van der Waals surface area contributed by atoms with Crippen LogP contribution in [0.15, 0.2) is 72.8 Å². The average molecular weight is 427 g/mol. The Kier molecular flexibility index (Phi) is 8.10. The molecule has 0 N–H and O–H groups in total. The molecule has 0 radical (unpaired) electrons. The minimum absolute atomic E-state index is 0. The van der Waals surface area contributed by atoms with Crippen LogP contribution in [0.4, 0.5) is 26.3 Å². The number of rotatable bonds is 4. The Hall–Kier alpha value is -2.27. The van der Waals surface area contributed by atoms with Gasteiger partial charge in [-0.15, -0.1) is 0 Å². The number of hydrogen-bond acceptors (Lipinski definition) is 0. The van der Waals surface area contributed by atoms with Crippen LogP contribution >= 0.6 is 0 Å². The zero-order chi connectivity index (χ0) is 19.2. The van der Waals surface area contributed by atoms with E-state index in [1.54, 1.807) is 36.5 Å². The number of alkyl halides is 6. The van der Waals surface area contributed by atoms with Gasteiger partial charge in [0.2, 0.25) is 0 Å². The molecule has 146 valence electrons. The summed E-state index contributed by atoms with van der Waals surface area (Å²) in [6.45, 7) is 0. The topological polar surface area (TPSA) is 0 Å². The van der Waals surface area contributed by atoms with E-state index in [1.807, 2.05) is 0 Å². The maximum absolute atomic E-state index is 12.4. The third-order valence-electron chi connectivity index (χ3n) is 3.39. The van der Waals surface area contributed by atoms with Crippen molar-refractivity contribution in [3.05, 3.63) is 95.1 Å². The van der Waals surface area contributed by atoms with Crippen LogP contribution in [0.5, 0.6) is 0 Å². The molecule has 0 spiro atoms. The molecule has 0 saturated carbocycles. The van der Waals surface area contributed by atoms with Crippen molar-refractivity contribution in [1.82, 2.24) is 0 Å². The van der Waals surface area contributed by atoms with Gasteiger partial charge in [-0.2, -0.15) is 26.3 Å². The smallest absolute Gasteiger partial charge is 0.166 e. The first kappa shape index (κ1) is 22.8. The molecule has 0 unspecified atom stereocenters. The summed E-state index contributed by atoms with van der Waals surface area (Å²) in [7, 11) is 0. The van der Waals surface area contributed by atoms with E-state index in [2.05, 4.69) is 0 Å². The fourth-order valence-electron chi connectivity index (χ4n) is 2.03. The summed E-state index contributed by atoms with van der Waals surface area (Å²) in [4.78, 5) is 0. The van der Waals surface area contributed by atoms with Gasteiger partial charge in [-0.3, -0.25) is 0 Å². The molecule has 0 aliphatic carbocycles. The van der Waals surface area contributed by atoms with Crippen molar-refractivity contribution in [2.45, 2.75) is 12.4 Å². The second-order valence-corrected chi connectivity index (χ2v) is 5.34. The number of hydrogen-bond donors (Lipinski definition) is 0. The molecule has 7 heteroatoms. The summed E-state index contributed by atoms with van der Waals surface area (Å²) in [6.07, 6.45) is 1.21. The maximum Gasteiger partial charge on any atom is 0.416 e. The molecular formula is C20H14F6Ni. The summed E-state index contributed by atoms with van der Waals surface area (Å²) >= 11 is 0. The van der Waals surface area contributed by atoms with Crippen molar-refractivity contribution < 1.29 is 42.8 Å². The van der Waals surface area contributed by atoms with Gasteiger partial charge in [0, 0.05) is 16.5 Å². The molecule has 0 saturated heterocycles. The van der Waals surface area contributed by atoms with E-state index in [-0.39, 0.29) is 16.5 Å². The summed E-state index contributed by atoms with van der Waals surface area (Å²) in [5.74, 6) is 0. The third-order valence-corrected chi connectivity index (χ3v) is 3.39. The normalized spacial score (nSPS) is 12.8. The quantitative estimate of drug-likeness (QED) is 0.280. The van der Waals surface area contributed by atoms with E-state index in [4.69, 9.17) is 0 Å². The fourth-order valence-corrected chi connectivity index (χ4v) is 2.03. The molecule has 0 amide bonds. The van der Waals surface area contributed by atoms with Crippen LogP contribution in [0.1, 0.15) is 22.3 Å². The molecular weight excluding hydrogens is 413 g/mol. The van der Waals surface area contributed by atoms with E-state index >= 15 is 0 Å². The second-order valence-electron chi connectivity index (χ2n) is 5.34. The van der Waals surface area contributed by atoms with Gasteiger partial charge in [-0.25, -0.2) is 0 Å². The number of benzene rings is 2. The van der Waals surface area contributed by atoms with Gasteiger partial charge in [0.15, 0.2) is 0 Å². The molecule has 0 aromatic heterocycles. The summed E-state index contributed by atoms with van der Waals surface area (Å²) in [5.41, 5.74) is -0.168. The SMILES string of the molecule is FC(F)(F)c1ccc(C=CC=CC=Cc2ccc(C(F)(F)F)cc2)cc1.[Ni]. The van der Waals surface area contributed by atoms with Crippen molar-refractivity contribution >= 4 is 12.2 Å². The van der Waals surface area contributed by atoms with E-state index in [0.29, 0.717) is 11.1 Å². The molecule has 0 fully saturated rings. The zero-order valence-corrected chi connectivity index (χ0v) is 14.7. The standard InChI is InChI=1S/C20H14F6.Ni/c21-19(22,23)17-11-7-15(8-12-17)5-3-1-2-4-6-16-9-13-18(14-10-16)20(24,25)26;/h1-14H;. The van der Waals surface area contributed by atoms with E-state index in [9.17, 15) is 26.3 Å². The Morgan fingerprint density at radius 2 is 0.778 bits per heavy atom. The van der Waals surface area contributed by atoms with Crippen LogP contribution in [0.25, 0.3) is 12.2 Å². The average Bonchev–Trinajstić information content (AvgIpc) is 2.57. The van der Waals surface area contributed by atoms with Crippen LogP contribution < -0.4 is 0 Å². The minimum atomic E-state index is -4.36. The molecule has 2 rings (SSSR count).